The van der Waals surface area contributed by atoms with E-state index in [1.807, 2.05) is 0 Å². The normalized spacial score (nSPS) is 31.9. The smallest absolute Gasteiger partial charge is 0.871 e. The summed E-state index contributed by atoms with van der Waals surface area (Å²) in [5.74, 6) is -8.49. The number of amides is 1. The van der Waals surface area contributed by atoms with Gasteiger partial charge in [-0.1, -0.05) is 51.7 Å². The number of carbonyl (C=O) groups excluding carboxylic acids is 3. The molecule has 5 rings (SSSR count). The summed E-state index contributed by atoms with van der Waals surface area (Å²) in [5, 5.41) is 60.2. The molecule has 14 heteroatoms. The monoisotopic (exact) mass is 719 g/mol. The van der Waals surface area contributed by atoms with Crippen LogP contribution in [0.1, 0.15) is 64.4 Å². The van der Waals surface area contributed by atoms with Gasteiger partial charge in [0.25, 0.3) is 11.7 Å². The predicted octanol–water partition coefficient (Wildman–Crippen LogP) is 1.13. The number of ether oxygens (including phenoxy) is 4. The van der Waals surface area contributed by atoms with Crippen molar-refractivity contribution in [3.63, 3.8) is 0 Å². The van der Waals surface area contributed by atoms with Crippen molar-refractivity contribution in [3.8, 4) is 23.0 Å². The molecule has 5 bridgehead atoms. The molecule has 3 heterocycles. The third kappa shape index (κ3) is 8.08. The number of hydrogen-bond donors (Lipinski definition) is 5. The number of phenolic OH excluding ortho intramolecular Hbond substituents is 2. The number of rotatable bonds is 2. The van der Waals surface area contributed by atoms with Crippen LogP contribution in [0.25, 0.3) is 10.8 Å². The number of esters is 1. The summed E-state index contributed by atoms with van der Waals surface area (Å²) in [4.78, 5) is 39.2. The van der Waals surface area contributed by atoms with Crippen molar-refractivity contribution in [2.45, 2.75) is 85.6 Å². The fourth-order valence-corrected chi connectivity index (χ4v) is 6.64. The van der Waals surface area contributed by atoms with Gasteiger partial charge in [0.1, 0.15) is 23.4 Å². The van der Waals surface area contributed by atoms with E-state index in [0.717, 1.165) is 6.07 Å². The number of carbonyl (C=O) groups is 3. The molecule has 9 atom stereocenters. The zero-order valence-corrected chi connectivity index (χ0v) is 32.6. The summed E-state index contributed by atoms with van der Waals surface area (Å²) >= 11 is 0. The number of aliphatic hydroxyl groups excluding tert-OH is 2. The van der Waals surface area contributed by atoms with Crippen LogP contribution in [-0.2, 0) is 23.8 Å². The molecule has 3 aliphatic rings. The molecule has 5 N–H and O–H groups in total. The van der Waals surface area contributed by atoms with Crippen molar-refractivity contribution in [2.75, 3.05) is 12.4 Å². The zero-order valence-electron chi connectivity index (χ0n) is 30.6. The SMILES string of the molecule is CO[C@H]1/C=C\O[C@@]2(C)Oc3c(C)c(O)c4c([O-])c(cc(O)c4c3C2=O)NC(=O)/C(C)=C\C=C[C@H](C)[C@H](O)[C@@H](C)[C@@H](O)[C@@H](C)[C@H](OC(C)=O)[C@@H]1C.[Na+]. The van der Waals surface area contributed by atoms with Gasteiger partial charge in [-0.15, -0.1) is 0 Å². The van der Waals surface area contributed by atoms with Gasteiger partial charge in [-0.05, 0) is 19.9 Å². The van der Waals surface area contributed by atoms with Gasteiger partial charge in [-0.2, -0.15) is 0 Å². The standard InChI is InChI=1S/C37H47NO12.Na/c1-16-11-10-12-17(2)36(46)38-23-15-24(40)26-27(32(23)44)31(43)21(6)34-28(26)35(45)37(8,50-34)48-14-13-25(47-9)18(3)33(49-22(7)39)20(5)30(42)19(4)29(16)41;/h10-16,18-20,25,29-30,33,40-44H,1-9H3,(H,38,46);/q;+1/p-1/b11-10?,14-13-,17-12-;/t16-,18+,19+,20+,25-,29-,30+,33+,37-;/m0./s1. The maximum Gasteiger partial charge on any atom is 1.00 e. The number of hydrogen-bond acceptors (Lipinski definition) is 12. The largest absolute Gasteiger partial charge is 1.00 e. The maximum atomic E-state index is 13.9. The molecular weight excluding hydrogens is 673 g/mol. The van der Waals surface area contributed by atoms with Crippen LogP contribution in [0.5, 0.6) is 23.0 Å². The molecule has 0 saturated heterocycles. The number of anilines is 1. The molecule has 0 unspecified atom stereocenters. The maximum absolute atomic E-state index is 13.9. The van der Waals surface area contributed by atoms with Crippen molar-refractivity contribution in [1.82, 2.24) is 0 Å². The summed E-state index contributed by atoms with van der Waals surface area (Å²) in [6, 6.07) is 0.999. The number of fused-ring (bicyclic) bond motifs is 14. The van der Waals surface area contributed by atoms with E-state index in [0.29, 0.717) is 0 Å². The summed E-state index contributed by atoms with van der Waals surface area (Å²) in [6.07, 6.45) is 3.52. The molecule has 0 radical (unpaired) electrons. The van der Waals surface area contributed by atoms with Gasteiger partial charge in [0, 0.05) is 78.3 Å². The van der Waals surface area contributed by atoms with Crippen LogP contribution in [0.4, 0.5) is 5.69 Å². The minimum Gasteiger partial charge on any atom is -0.871 e. The Bertz CT molecular complexity index is 1770. The average Bonchev–Trinajstić information content (AvgIpc) is 3.33. The van der Waals surface area contributed by atoms with Crippen molar-refractivity contribution >= 4 is 34.1 Å². The van der Waals surface area contributed by atoms with Crippen molar-refractivity contribution in [2.24, 2.45) is 23.7 Å². The number of aromatic hydroxyl groups is 2. The third-order valence-corrected chi connectivity index (χ3v) is 9.82. The van der Waals surface area contributed by atoms with Crippen LogP contribution in [-0.4, -0.2) is 75.4 Å². The van der Waals surface area contributed by atoms with Gasteiger partial charge in [-0.3, -0.25) is 14.4 Å². The number of nitrogens with one attached hydrogen (secondary N) is 1. The van der Waals surface area contributed by atoms with E-state index in [1.54, 1.807) is 39.8 Å². The Morgan fingerprint density at radius 2 is 1.65 bits per heavy atom. The molecular formula is C37H46NNaO12. The van der Waals surface area contributed by atoms with Crippen LogP contribution in [0.3, 0.4) is 0 Å². The van der Waals surface area contributed by atoms with Crippen molar-refractivity contribution in [3.05, 3.63) is 53.3 Å². The summed E-state index contributed by atoms with van der Waals surface area (Å²) < 4.78 is 23.1. The Balaban J connectivity index is 0.00000702. The van der Waals surface area contributed by atoms with Gasteiger partial charge in [-0.25, -0.2) is 0 Å². The first-order valence-corrected chi connectivity index (χ1v) is 16.4. The minimum atomic E-state index is -2.00. The van der Waals surface area contributed by atoms with Crippen LogP contribution < -0.4 is 44.7 Å². The molecule has 13 nitrogen and oxygen atoms in total. The Morgan fingerprint density at radius 3 is 2.25 bits per heavy atom. The number of allylic oxidation sites excluding steroid dienone is 2. The van der Waals surface area contributed by atoms with E-state index >= 15 is 0 Å². The minimum absolute atomic E-state index is 0. The van der Waals surface area contributed by atoms with Gasteiger partial charge < -0.3 is 49.8 Å². The average molecular weight is 720 g/mol. The molecule has 0 fully saturated rings. The number of Topliss-reactive ketones (excluding diaryl/α,β-unsaturated/α-hetero) is 1. The summed E-state index contributed by atoms with van der Waals surface area (Å²) in [7, 11) is 1.43. The topological polar surface area (TPSA) is 204 Å². The molecule has 0 aliphatic carbocycles. The van der Waals surface area contributed by atoms with Gasteiger partial charge >= 0.3 is 41.3 Å². The van der Waals surface area contributed by atoms with E-state index in [2.05, 4.69) is 5.32 Å². The molecule has 272 valence electrons. The molecule has 1 amide bonds. The van der Waals surface area contributed by atoms with E-state index in [-0.39, 0.29) is 68.5 Å². The molecule has 0 spiro atoms. The quantitative estimate of drug-likeness (QED) is 0.219. The van der Waals surface area contributed by atoms with Crippen molar-refractivity contribution < 1.29 is 88.4 Å². The van der Waals surface area contributed by atoms with Crippen LogP contribution in [0, 0.1) is 30.6 Å². The Labute approximate surface area is 319 Å². The number of methoxy groups -OCH3 is 1. The first kappa shape index (κ1) is 41.8. The van der Waals surface area contributed by atoms with Crippen LogP contribution >= 0.6 is 0 Å². The van der Waals surface area contributed by atoms with Crippen molar-refractivity contribution in [1.29, 1.82) is 0 Å². The molecule has 3 aliphatic heterocycles. The molecule has 0 saturated carbocycles. The summed E-state index contributed by atoms with van der Waals surface area (Å²) in [6.45, 7) is 12.4. The Morgan fingerprint density at radius 1 is 1.00 bits per heavy atom. The molecule has 0 aromatic heterocycles. The Kier molecular flexibility index (Phi) is 13.4. The number of phenols is 2. The van der Waals surface area contributed by atoms with Gasteiger partial charge in [0.05, 0.1) is 30.1 Å². The Hall–Kier alpha value is -3.59. The second-order valence-electron chi connectivity index (χ2n) is 13.4. The first-order valence-electron chi connectivity index (χ1n) is 16.4. The number of aliphatic hydroxyl groups is 2. The first-order chi connectivity index (χ1) is 23.4. The fourth-order valence-electron chi connectivity index (χ4n) is 6.64. The number of benzene rings is 2. The van der Waals surface area contributed by atoms with E-state index < -0.39 is 88.8 Å². The zero-order chi connectivity index (χ0) is 37.4. The number of ketones is 1. The fraction of sp³-hybridized carbons (Fsp3) is 0.486. The second kappa shape index (κ2) is 16.4. The van der Waals surface area contributed by atoms with E-state index in [4.69, 9.17) is 18.9 Å². The molecule has 2 aromatic carbocycles. The van der Waals surface area contributed by atoms with Crippen LogP contribution in [0.2, 0.25) is 0 Å². The van der Waals surface area contributed by atoms with E-state index in [1.165, 1.54) is 53.2 Å². The molecule has 51 heavy (non-hydrogen) atoms. The van der Waals surface area contributed by atoms with Gasteiger partial charge in [0.2, 0.25) is 0 Å². The van der Waals surface area contributed by atoms with E-state index in [9.17, 15) is 39.9 Å². The second-order valence-corrected chi connectivity index (χ2v) is 13.4. The van der Waals surface area contributed by atoms with Crippen LogP contribution in [0.15, 0.2) is 42.2 Å². The van der Waals surface area contributed by atoms with Gasteiger partial charge in [0.15, 0.2) is 0 Å². The molecule has 2 aromatic rings. The predicted molar refractivity (Wildman–Crippen MR) is 182 cm³/mol. The third-order valence-electron chi connectivity index (χ3n) is 9.82. The summed E-state index contributed by atoms with van der Waals surface area (Å²) in [5.41, 5.74) is -0.312.